The van der Waals surface area contributed by atoms with E-state index in [0.29, 0.717) is 24.3 Å². The van der Waals surface area contributed by atoms with Crippen LogP contribution in [-0.2, 0) is 6.42 Å². The van der Waals surface area contributed by atoms with E-state index in [2.05, 4.69) is 0 Å². The first-order valence-electron chi connectivity index (χ1n) is 5.34. The summed E-state index contributed by atoms with van der Waals surface area (Å²) in [4.78, 5) is 11.1. The molecule has 0 saturated heterocycles. The van der Waals surface area contributed by atoms with E-state index in [-0.39, 0.29) is 5.56 Å². The molecule has 2 rings (SSSR count). The predicted molar refractivity (Wildman–Crippen MR) is 63.9 cm³/mol. The number of furan rings is 1. The summed E-state index contributed by atoms with van der Waals surface area (Å²) < 4.78 is 5.56. The van der Waals surface area contributed by atoms with Crippen LogP contribution in [0.2, 0.25) is 0 Å². The van der Waals surface area contributed by atoms with E-state index in [1.807, 2.05) is 6.07 Å². The van der Waals surface area contributed by atoms with Crippen LogP contribution in [0.4, 0.5) is 0 Å². The van der Waals surface area contributed by atoms with Gasteiger partial charge < -0.3 is 15.3 Å². The van der Waals surface area contributed by atoms with Crippen LogP contribution in [0.1, 0.15) is 16.1 Å². The van der Waals surface area contributed by atoms with Crippen LogP contribution < -0.4 is 5.73 Å². The van der Waals surface area contributed by atoms with Gasteiger partial charge in [0.1, 0.15) is 11.5 Å². The van der Waals surface area contributed by atoms with E-state index in [9.17, 15) is 4.79 Å². The molecular weight excluding hydrogens is 218 g/mol. The van der Waals surface area contributed by atoms with Crippen LogP contribution in [0.3, 0.4) is 0 Å². The van der Waals surface area contributed by atoms with E-state index < -0.39 is 5.97 Å². The summed E-state index contributed by atoms with van der Waals surface area (Å²) >= 11 is 0. The molecule has 0 unspecified atom stereocenters. The number of carboxylic acids is 1. The molecule has 0 aliphatic rings. The van der Waals surface area contributed by atoms with Crippen LogP contribution in [0.15, 0.2) is 40.8 Å². The highest BCUT2D eigenvalue weighted by Crippen LogP contribution is 2.25. The van der Waals surface area contributed by atoms with Crippen LogP contribution >= 0.6 is 0 Å². The van der Waals surface area contributed by atoms with Gasteiger partial charge in [0.15, 0.2) is 0 Å². The summed E-state index contributed by atoms with van der Waals surface area (Å²) in [6.45, 7) is 0.507. The van der Waals surface area contributed by atoms with Crippen molar-refractivity contribution >= 4 is 5.97 Å². The molecule has 0 aliphatic heterocycles. The van der Waals surface area contributed by atoms with Gasteiger partial charge in [0, 0.05) is 12.0 Å². The topological polar surface area (TPSA) is 76.5 Å². The van der Waals surface area contributed by atoms with Gasteiger partial charge in [-0.3, -0.25) is 0 Å². The van der Waals surface area contributed by atoms with E-state index >= 15 is 0 Å². The third-order valence-electron chi connectivity index (χ3n) is 2.48. The zero-order valence-corrected chi connectivity index (χ0v) is 9.22. The van der Waals surface area contributed by atoms with E-state index in [4.69, 9.17) is 15.3 Å². The van der Waals surface area contributed by atoms with Crippen molar-refractivity contribution in [2.24, 2.45) is 5.73 Å². The number of carbonyl (C=O) groups is 1. The van der Waals surface area contributed by atoms with Crippen molar-refractivity contribution in [3.8, 4) is 11.3 Å². The average Bonchev–Trinajstić information content (AvgIpc) is 2.78. The minimum absolute atomic E-state index is 0.237. The lowest BCUT2D eigenvalue weighted by Crippen LogP contribution is -2.01. The van der Waals surface area contributed by atoms with Gasteiger partial charge in [0.05, 0.1) is 5.56 Å². The molecule has 4 nitrogen and oxygen atoms in total. The summed E-state index contributed by atoms with van der Waals surface area (Å²) in [6.07, 6.45) is 0.648. The lowest BCUT2D eigenvalue weighted by molar-refractivity contribution is 0.0697. The fraction of sp³-hybridized carbons (Fsp3) is 0.154. The van der Waals surface area contributed by atoms with Gasteiger partial charge in [-0.15, -0.1) is 0 Å². The lowest BCUT2D eigenvalue weighted by atomic mass is 10.1. The minimum Gasteiger partial charge on any atom is -0.478 e. The summed E-state index contributed by atoms with van der Waals surface area (Å²) in [5.74, 6) is 0.367. The summed E-state index contributed by atoms with van der Waals surface area (Å²) in [6, 6.07) is 10.4. The normalized spacial score (nSPS) is 10.4. The fourth-order valence-corrected chi connectivity index (χ4v) is 1.68. The Hall–Kier alpha value is -2.07. The zero-order valence-electron chi connectivity index (χ0n) is 9.22. The molecule has 2 aromatic rings. The average molecular weight is 231 g/mol. The van der Waals surface area contributed by atoms with Crippen molar-refractivity contribution < 1.29 is 14.3 Å². The number of hydrogen-bond acceptors (Lipinski definition) is 3. The Morgan fingerprint density at radius 3 is 2.71 bits per heavy atom. The molecule has 88 valence electrons. The number of carboxylic acid groups (broad SMARTS) is 1. The third kappa shape index (κ3) is 2.37. The van der Waals surface area contributed by atoms with Gasteiger partial charge in [-0.1, -0.05) is 18.2 Å². The lowest BCUT2D eigenvalue weighted by Gasteiger charge is -2.02. The van der Waals surface area contributed by atoms with Gasteiger partial charge in [-0.2, -0.15) is 0 Å². The van der Waals surface area contributed by atoms with Gasteiger partial charge in [0.2, 0.25) is 0 Å². The first kappa shape index (κ1) is 11.4. The molecule has 1 aromatic heterocycles. The Bertz CT molecular complexity index is 531. The van der Waals surface area contributed by atoms with E-state index in [1.54, 1.807) is 30.3 Å². The highest BCUT2D eigenvalue weighted by atomic mass is 16.4. The molecule has 3 N–H and O–H groups in total. The molecule has 0 fully saturated rings. The van der Waals surface area contributed by atoms with Gasteiger partial charge in [0.25, 0.3) is 0 Å². The highest BCUT2D eigenvalue weighted by molar-refractivity contribution is 5.95. The fourth-order valence-electron chi connectivity index (χ4n) is 1.68. The molecule has 0 atom stereocenters. The SMILES string of the molecule is NCCc1ccc(-c2ccccc2C(=O)O)o1. The van der Waals surface area contributed by atoms with Crippen LogP contribution in [-0.4, -0.2) is 17.6 Å². The van der Waals surface area contributed by atoms with Crippen LogP contribution in [0.25, 0.3) is 11.3 Å². The largest absolute Gasteiger partial charge is 0.478 e. The molecule has 0 spiro atoms. The molecule has 0 saturated carbocycles. The smallest absolute Gasteiger partial charge is 0.336 e. The summed E-state index contributed by atoms with van der Waals surface area (Å²) in [7, 11) is 0. The maximum atomic E-state index is 11.1. The molecule has 0 amide bonds. The van der Waals surface area contributed by atoms with Crippen molar-refractivity contribution in [1.29, 1.82) is 0 Å². The second-order valence-corrected chi connectivity index (χ2v) is 3.66. The molecule has 0 aliphatic carbocycles. The Kier molecular flexibility index (Phi) is 3.25. The van der Waals surface area contributed by atoms with Crippen molar-refractivity contribution in [3.63, 3.8) is 0 Å². The van der Waals surface area contributed by atoms with Gasteiger partial charge in [-0.25, -0.2) is 4.79 Å². The number of nitrogens with two attached hydrogens (primary N) is 1. The predicted octanol–water partition coefficient (Wildman–Crippen LogP) is 2.15. The highest BCUT2D eigenvalue weighted by Gasteiger charge is 2.13. The third-order valence-corrected chi connectivity index (χ3v) is 2.48. The monoisotopic (exact) mass is 231 g/mol. The molecule has 4 heteroatoms. The molecule has 1 aromatic carbocycles. The molecule has 0 bridgehead atoms. The maximum absolute atomic E-state index is 11.1. The van der Waals surface area contributed by atoms with E-state index in [0.717, 1.165) is 5.76 Å². The summed E-state index contributed by atoms with van der Waals surface area (Å²) in [5, 5.41) is 9.08. The number of aromatic carboxylic acids is 1. The quantitative estimate of drug-likeness (QED) is 0.845. The van der Waals surface area contributed by atoms with Crippen LogP contribution in [0.5, 0.6) is 0 Å². The van der Waals surface area contributed by atoms with Gasteiger partial charge >= 0.3 is 5.97 Å². The molecule has 1 heterocycles. The number of hydrogen-bond donors (Lipinski definition) is 2. The van der Waals surface area contributed by atoms with Crippen molar-refractivity contribution in [3.05, 3.63) is 47.7 Å². The zero-order chi connectivity index (χ0) is 12.3. The van der Waals surface area contributed by atoms with Crippen molar-refractivity contribution in [1.82, 2.24) is 0 Å². The number of rotatable bonds is 4. The maximum Gasteiger partial charge on any atom is 0.336 e. The Labute approximate surface area is 98.7 Å². The van der Waals surface area contributed by atoms with Crippen molar-refractivity contribution in [2.45, 2.75) is 6.42 Å². The van der Waals surface area contributed by atoms with Crippen LogP contribution in [0, 0.1) is 0 Å². The first-order valence-corrected chi connectivity index (χ1v) is 5.34. The van der Waals surface area contributed by atoms with Gasteiger partial charge in [-0.05, 0) is 24.7 Å². The molecule has 17 heavy (non-hydrogen) atoms. The Morgan fingerprint density at radius 1 is 1.24 bits per heavy atom. The second-order valence-electron chi connectivity index (χ2n) is 3.66. The first-order chi connectivity index (χ1) is 8.22. The van der Waals surface area contributed by atoms with Crippen molar-refractivity contribution in [2.75, 3.05) is 6.54 Å². The molecule has 0 radical (unpaired) electrons. The Morgan fingerprint density at radius 2 is 2.00 bits per heavy atom. The minimum atomic E-state index is -0.961. The molecular formula is C13H13NO3. The second kappa shape index (κ2) is 4.84. The summed E-state index contributed by atoms with van der Waals surface area (Å²) in [5.41, 5.74) is 6.26. The standard InChI is InChI=1S/C13H13NO3/c14-8-7-9-5-6-12(17-9)10-3-1-2-4-11(10)13(15)16/h1-6H,7-8,14H2,(H,15,16). The Balaban J connectivity index is 2.41. The number of benzene rings is 1. The van der Waals surface area contributed by atoms with E-state index in [1.165, 1.54) is 0 Å².